The molecule has 1 aliphatic rings. The maximum absolute atomic E-state index is 5.57. The molecule has 25 heavy (non-hydrogen) atoms. The highest BCUT2D eigenvalue weighted by atomic mass is 35.5. The summed E-state index contributed by atoms with van der Waals surface area (Å²) in [6.07, 6.45) is 7.08. The van der Waals surface area contributed by atoms with E-state index in [4.69, 9.17) is 16.3 Å². The molecule has 0 bridgehead atoms. The molecule has 3 rings (SSSR count). The maximum atomic E-state index is 5.57. The molecule has 0 saturated heterocycles. The summed E-state index contributed by atoms with van der Waals surface area (Å²) in [4.78, 5) is 0. The number of hydrogen-bond donors (Lipinski definition) is 2. The van der Waals surface area contributed by atoms with Crippen LogP contribution in [0.15, 0.2) is 48.1 Å². The van der Waals surface area contributed by atoms with Gasteiger partial charge >= 0.3 is 0 Å². The van der Waals surface area contributed by atoms with Gasteiger partial charge in [-0.3, -0.25) is 0 Å². The Morgan fingerprint density at radius 1 is 1.32 bits per heavy atom. The van der Waals surface area contributed by atoms with Crippen molar-refractivity contribution in [2.45, 2.75) is 31.7 Å². The summed E-state index contributed by atoms with van der Waals surface area (Å²) in [7, 11) is 1.71. The topological polar surface area (TPSA) is 38.2 Å². The summed E-state index contributed by atoms with van der Waals surface area (Å²) in [5, 5.41) is 7.32. The van der Waals surface area contributed by atoms with Gasteiger partial charge in [-0.15, -0.1) is 0 Å². The minimum Gasteiger partial charge on any atom is -0.497 e. The maximum Gasteiger partial charge on any atom is 0.121 e. The molecule has 5 heteroatoms. The fraction of sp³-hybridized carbons (Fsp3) is 0.400. The highest BCUT2D eigenvalue weighted by Gasteiger charge is 2.37. The number of anilines is 1. The van der Waals surface area contributed by atoms with Crippen LogP contribution in [0, 0.1) is 0 Å². The zero-order chi connectivity index (χ0) is 17.7. The third-order valence-corrected chi connectivity index (χ3v) is 5.16. The van der Waals surface area contributed by atoms with Gasteiger partial charge in [0.05, 0.1) is 24.0 Å². The minimum absolute atomic E-state index is 0.0851. The van der Waals surface area contributed by atoms with E-state index < -0.39 is 0 Å². The molecule has 2 N–H and O–H groups in total. The number of aromatic nitrogens is 1. The van der Waals surface area contributed by atoms with Crippen LogP contribution in [0.1, 0.15) is 31.9 Å². The van der Waals surface area contributed by atoms with Gasteiger partial charge in [0.25, 0.3) is 0 Å². The number of rotatable bonds is 8. The Bertz CT molecular complexity index is 740. The largest absolute Gasteiger partial charge is 0.497 e. The number of halogens is 1. The molecule has 1 aromatic carbocycles. The van der Waals surface area contributed by atoms with Gasteiger partial charge < -0.3 is 19.9 Å². The van der Waals surface area contributed by atoms with Crippen LogP contribution in [-0.2, 0) is 5.54 Å². The molecule has 0 spiro atoms. The molecule has 1 atom stereocenters. The summed E-state index contributed by atoms with van der Waals surface area (Å²) >= 11 is 5.57. The van der Waals surface area contributed by atoms with Crippen molar-refractivity contribution in [3.63, 3.8) is 0 Å². The standard InChI is InChI=1S/C20H26ClN3O/c1-3-20(10-13-22-12-5-4-11-21)19-7-6-14-24(19)18-9-8-16(25-2)15-17(18)23-20/h4,6-9,11,14-15,22-23H,3,5,10,12-13H2,1-2H3/b11-4+. The van der Waals surface area contributed by atoms with Gasteiger partial charge in [-0.1, -0.05) is 24.6 Å². The van der Waals surface area contributed by atoms with E-state index in [1.54, 1.807) is 12.6 Å². The van der Waals surface area contributed by atoms with Crippen molar-refractivity contribution in [1.82, 2.24) is 9.88 Å². The van der Waals surface area contributed by atoms with Crippen LogP contribution >= 0.6 is 11.6 Å². The molecule has 2 aromatic rings. The molecule has 0 amide bonds. The van der Waals surface area contributed by atoms with Crippen molar-refractivity contribution < 1.29 is 4.74 Å². The Morgan fingerprint density at radius 3 is 2.96 bits per heavy atom. The normalized spacial score (nSPS) is 18.7. The first-order chi connectivity index (χ1) is 12.2. The van der Waals surface area contributed by atoms with Gasteiger partial charge in [0.1, 0.15) is 5.75 Å². The quantitative estimate of drug-likeness (QED) is 0.674. The second kappa shape index (κ2) is 7.98. The average Bonchev–Trinajstić information content (AvgIpc) is 3.14. The van der Waals surface area contributed by atoms with Gasteiger partial charge in [-0.05, 0) is 56.6 Å². The predicted octanol–water partition coefficient (Wildman–Crippen LogP) is 4.64. The van der Waals surface area contributed by atoms with E-state index in [9.17, 15) is 0 Å². The van der Waals surface area contributed by atoms with E-state index in [-0.39, 0.29) is 5.54 Å². The number of ether oxygens (including phenoxy) is 1. The molecule has 0 fully saturated rings. The second-order valence-corrected chi connectivity index (χ2v) is 6.61. The molecule has 134 valence electrons. The Balaban J connectivity index is 1.82. The summed E-state index contributed by atoms with van der Waals surface area (Å²) in [6.45, 7) is 4.13. The molecular weight excluding hydrogens is 334 g/mol. The molecule has 0 saturated carbocycles. The van der Waals surface area contributed by atoms with Gasteiger partial charge in [0.15, 0.2) is 0 Å². The van der Waals surface area contributed by atoms with Crippen LogP contribution < -0.4 is 15.4 Å². The lowest BCUT2D eigenvalue weighted by Gasteiger charge is -2.41. The van der Waals surface area contributed by atoms with Crippen molar-refractivity contribution in [3.05, 3.63) is 53.8 Å². The monoisotopic (exact) mass is 359 g/mol. The first-order valence-corrected chi connectivity index (χ1v) is 9.28. The number of fused-ring (bicyclic) bond motifs is 3. The Hall–Kier alpha value is -1.91. The molecule has 4 nitrogen and oxygen atoms in total. The van der Waals surface area contributed by atoms with Crippen LogP contribution in [-0.4, -0.2) is 24.8 Å². The lowest BCUT2D eigenvalue weighted by atomic mass is 9.85. The lowest BCUT2D eigenvalue weighted by Crippen LogP contribution is -2.42. The van der Waals surface area contributed by atoms with Crippen molar-refractivity contribution in [2.75, 3.05) is 25.5 Å². The Morgan fingerprint density at radius 2 is 2.20 bits per heavy atom. The lowest BCUT2D eigenvalue weighted by molar-refractivity contribution is 0.394. The molecular formula is C20H26ClN3O. The first kappa shape index (κ1) is 17.9. The number of nitrogens with one attached hydrogen (secondary N) is 2. The van der Waals surface area contributed by atoms with E-state index in [1.165, 1.54) is 11.4 Å². The van der Waals surface area contributed by atoms with Gasteiger partial charge in [-0.2, -0.15) is 0 Å². The van der Waals surface area contributed by atoms with Crippen LogP contribution in [0.25, 0.3) is 5.69 Å². The molecule has 2 heterocycles. The first-order valence-electron chi connectivity index (χ1n) is 8.84. The van der Waals surface area contributed by atoms with Gasteiger partial charge in [-0.25, -0.2) is 0 Å². The summed E-state index contributed by atoms with van der Waals surface area (Å²) in [5.41, 5.74) is 5.10. The second-order valence-electron chi connectivity index (χ2n) is 6.36. The number of methoxy groups -OCH3 is 1. The fourth-order valence-corrected chi connectivity index (χ4v) is 3.69. The smallest absolute Gasteiger partial charge is 0.121 e. The predicted molar refractivity (Wildman–Crippen MR) is 105 cm³/mol. The SMILES string of the molecule is CCC1(CCNCC/C=C/Cl)Nc2cc(OC)ccc2-n2cccc21. The number of hydrogen-bond acceptors (Lipinski definition) is 3. The van der Waals surface area contributed by atoms with Gasteiger partial charge in [0.2, 0.25) is 0 Å². The molecule has 1 aromatic heterocycles. The summed E-state index contributed by atoms with van der Waals surface area (Å²) in [5.74, 6) is 0.873. The summed E-state index contributed by atoms with van der Waals surface area (Å²) in [6, 6.07) is 10.6. The van der Waals surface area contributed by atoms with E-state index in [0.717, 1.165) is 43.8 Å². The number of benzene rings is 1. The summed E-state index contributed by atoms with van der Waals surface area (Å²) < 4.78 is 7.71. The van der Waals surface area contributed by atoms with Crippen LogP contribution in [0.3, 0.4) is 0 Å². The van der Waals surface area contributed by atoms with Crippen LogP contribution in [0.5, 0.6) is 5.75 Å². The van der Waals surface area contributed by atoms with Crippen molar-refractivity contribution in [1.29, 1.82) is 0 Å². The molecule has 1 aliphatic heterocycles. The Kier molecular flexibility index (Phi) is 5.71. The molecule has 0 aliphatic carbocycles. The third-order valence-electron chi connectivity index (χ3n) is 4.99. The van der Waals surface area contributed by atoms with Gasteiger partial charge in [0, 0.05) is 23.5 Å². The van der Waals surface area contributed by atoms with Crippen molar-refractivity contribution >= 4 is 17.3 Å². The average molecular weight is 360 g/mol. The fourth-order valence-electron chi connectivity index (χ4n) is 3.57. The van der Waals surface area contributed by atoms with Crippen LogP contribution in [0.4, 0.5) is 5.69 Å². The van der Waals surface area contributed by atoms with E-state index in [0.29, 0.717) is 0 Å². The number of nitrogens with zero attached hydrogens (tertiary/aromatic N) is 1. The zero-order valence-corrected chi connectivity index (χ0v) is 15.6. The highest BCUT2D eigenvalue weighted by Crippen LogP contribution is 2.42. The van der Waals surface area contributed by atoms with Crippen molar-refractivity contribution in [2.24, 2.45) is 0 Å². The van der Waals surface area contributed by atoms with E-state index >= 15 is 0 Å². The van der Waals surface area contributed by atoms with Crippen molar-refractivity contribution in [3.8, 4) is 11.4 Å². The van der Waals surface area contributed by atoms with E-state index in [2.05, 4.69) is 52.6 Å². The van der Waals surface area contributed by atoms with E-state index in [1.807, 2.05) is 12.1 Å². The minimum atomic E-state index is -0.0851. The highest BCUT2D eigenvalue weighted by molar-refractivity contribution is 6.25. The molecule has 1 unspecified atom stereocenters. The van der Waals surface area contributed by atoms with Crippen LogP contribution in [0.2, 0.25) is 0 Å². The Labute approximate surface area is 154 Å². The zero-order valence-electron chi connectivity index (χ0n) is 14.9. The molecule has 0 radical (unpaired) electrons. The third kappa shape index (κ3) is 3.55.